The van der Waals surface area contributed by atoms with E-state index in [1.165, 1.54) is 238 Å². The number of carbonyl (C=O) groups is 3. The summed E-state index contributed by atoms with van der Waals surface area (Å²) in [4.78, 5) is 38.3. The lowest BCUT2D eigenvalue weighted by atomic mass is 10.0. The molecule has 6 heteroatoms. The fourth-order valence-corrected chi connectivity index (χ4v) is 9.50. The minimum absolute atomic E-state index is 0.0736. The molecule has 0 aliphatic heterocycles. The van der Waals surface area contributed by atoms with Gasteiger partial charge in [-0.1, -0.05) is 308 Å². The van der Waals surface area contributed by atoms with Crippen molar-refractivity contribution in [3.05, 3.63) is 24.3 Å². The van der Waals surface area contributed by atoms with Crippen molar-refractivity contribution in [2.45, 2.75) is 354 Å². The normalized spacial score (nSPS) is 12.1. The Morgan fingerprint density at radius 1 is 0.286 bits per heavy atom. The molecule has 0 spiro atoms. The molecule has 0 rings (SSSR count). The summed E-state index contributed by atoms with van der Waals surface area (Å²) in [6, 6.07) is 0. The van der Waals surface area contributed by atoms with E-state index in [0.717, 1.165) is 70.6 Å². The van der Waals surface area contributed by atoms with Crippen molar-refractivity contribution in [2.24, 2.45) is 0 Å². The molecule has 0 heterocycles. The van der Waals surface area contributed by atoms with Crippen LogP contribution in [0.5, 0.6) is 0 Å². The van der Waals surface area contributed by atoms with Crippen LogP contribution in [0.4, 0.5) is 0 Å². The van der Waals surface area contributed by atoms with Crippen LogP contribution in [0.3, 0.4) is 0 Å². The second kappa shape index (κ2) is 59.5. The molecule has 0 saturated carbocycles. The molecule has 0 fully saturated rings. The summed E-state index contributed by atoms with van der Waals surface area (Å²) >= 11 is 0. The number of rotatable bonds is 58. The number of allylic oxidation sites excluding steroid dienone is 4. The van der Waals surface area contributed by atoms with Gasteiger partial charge in [0, 0.05) is 19.3 Å². The highest BCUT2D eigenvalue weighted by atomic mass is 16.6. The Bertz CT molecular complexity index is 1130. The summed E-state index contributed by atoms with van der Waals surface area (Å²) in [6.07, 6.45) is 70.4. The van der Waals surface area contributed by atoms with Gasteiger partial charge < -0.3 is 14.2 Å². The van der Waals surface area contributed by atoms with Gasteiger partial charge in [0.1, 0.15) is 13.2 Å². The van der Waals surface area contributed by atoms with Gasteiger partial charge in [-0.15, -0.1) is 0 Å². The molecule has 0 aromatic heterocycles. The van der Waals surface area contributed by atoms with E-state index >= 15 is 0 Å². The lowest BCUT2D eigenvalue weighted by Crippen LogP contribution is -2.30. The zero-order valence-corrected chi connectivity index (χ0v) is 47.3. The van der Waals surface area contributed by atoms with E-state index < -0.39 is 6.10 Å². The summed E-state index contributed by atoms with van der Waals surface area (Å²) in [5.41, 5.74) is 0. The van der Waals surface area contributed by atoms with Crippen LogP contribution in [0.25, 0.3) is 0 Å². The summed E-state index contributed by atoms with van der Waals surface area (Å²) in [7, 11) is 0. The van der Waals surface area contributed by atoms with E-state index in [9.17, 15) is 14.4 Å². The van der Waals surface area contributed by atoms with Crippen molar-refractivity contribution in [1.29, 1.82) is 0 Å². The highest BCUT2D eigenvalue weighted by Gasteiger charge is 2.19. The maximum atomic E-state index is 12.9. The van der Waals surface area contributed by atoms with Gasteiger partial charge in [0.15, 0.2) is 6.10 Å². The molecule has 0 aromatic rings. The predicted octanol–water partition coefficient (Wildman–Crippen LogP) is 21.1. The van der Waals surface area contributed by atoms with E-state index in [4.69, 9.17) is 14.2 Å². The molecule has 0 aliphatic rings. The highest BCUT2D eigenvalue weighted by molar-refractivity contribution is 5.71. The van der Waals surface area contributed by atoms with Crippen LogP contribution in [0.15, 0.2) is 24.3 Å². The molecule has 412 valence electrons. The van der Waals surface area contributed by atoms with Crippen LogP contribution in [-0.4, -0.2) is 37.2 Å². The predicted molar refractivity (Wildman–Crippen MR) is 303 cm³/mol. The van der Waals surface area contributed by atoms with Crippen molar-refractivity contribution >= 4 is 17.9 Å². The molecule has 0 N–H and O–H groups in total. The minimum atomic E-state index is -0.778. The topological polar surface area (TPSA) is 78.9 Å². The van der Waals surface area contributed by atoms with E-state index in [-0.39, 0.29) is 31.1 Å². The van der Waals surface area contributed by atoms with Crippen LogP contribution in [0.1, 0.15) is 348 Å². The largest absolute Gasteiger partial charge is 0.462 e. The maximum absolute atomic E-state index is 12.9. The summed E-state index contributed by atoms with van der Waals surface area (Å²) in [6.45, 7) is 6.68. The molecule has 0 amide bonds. The number of hydrogen-bond donors (Lipinski definition) is 0. The molecule has 6 nitrogen and oxygen atoms in total. The fourth-order valence-electron chi connectivity index (χ4n) is 9.50. The molecule has 0 bridgehead atoms. The second-order valence-corrected chi connectivity index (χ2v) is 21.4. The Kier molecular flexibility index (Phi) is 57.7. The number of esters is 3. The quantitative estimate of drug-likeness (QED) is 0.0261. The summed E-state index contributed by atoms with van der Waals surface area (Å²) in [5, 5.41) is 0. The van der Waals surface area contributed by atoms with E-state index in [2.05, 4.69) is 45.1 Å². The lowest BCUT2D eigenvalue weighted by Gasteiger charge is -2.18. The highest BCUT2D eigenvalue weighted by Crippen LogP contribution is 2.18. The molecule has 0 saturated heterocycles. The number of carbonyl (C=O) groups excluding carboxylic acids is 3. The Hall–Kier alpha value is -2.11. The average molecular weight is 986 g/mol. The van der Waals surface area contributed by atoms with Crippen LogP contribution < -0.4 is 0 Å². The number of ether oxygens (including phenoxy) is 3. The van der Waals surface area contributed by atoms with Crippen molar-refractivity contribution < 1.29 is 28.6 Å². The van der Waals surface area contributed by atoms with Gasteiger partial charge in [-0.2, -0.15) is 0 Å². The van der Waals surface area contributed by atoms with E-state index in [1.54, 1.807) is 0 Å². The maximum Gasteiger partial charge on any atom is 0.306 e. The Morgan fingerprint density at radius 3 is 0.771 bits per heavy atom. The van der Waals surface area contributed by atoms with Crippen molar-refractivity contribution in [3.63, 3.8) is 0 Å². The number of unbranched alkanes of at least 4 members (excludes halogenated alkanes) is 44. The van der Waals surface area contributed by atoms with Crippen LogP contribution in [0.2, 0.25) is 0 Å². The first-order valence-electron chi connectivity index (χ1n) is 31.4. The molecular formula is C64H120O6. The molecule has 1 unspecified atom stereocenters. The van der Waals surface area contributed by atoms with Gasteiger partial charge in [-0.3, -0.25) is 14.4 Å². The third-order valence-electron chi connectivity index (χ3n) is 14.2. The first-order valence-corrected chi connectivity index (χ1v) is 31.4. The molecule has 0 radical (unpaired) electrons. The fraction of sp³-hybridized carbons (Fsp3) is 0.891. The van der Waals surface area contributed by atoms with Gasteiger partial charge in [0.2, 0.25) is 0 Å². The molecular weight excluding hydrogens is 865 g/mol. The Balaban J connectivity index is 4.34. The van der Waals surface area contributed by atoms with E-state index in [0.29, 0.717) is 19.3 Å². The standard InChI is InChI=1S/C64H120O6/c1-4-7-10-13-16-19-22-25-28-31-33-36-39-42-45-48-51-54-57-63(66)69-60-61(59-68-62(65)56-53-50-47-44-41-38-35-30-27-24-21-18-15-12-9-6-3)70-64(67)58-55-52-49-46-43-40-37-34-32-29-26-23-20-17-14-11-8-5-2/h30,35,38,41,61H,4-29,31-34,36-37,39-40,42-60H2,1-3H3/b35-30-,41-38-. The number of hydrogen-bond acceptors (Lipinski definition) is 6. The van der Waals surface area contributed by atoms with Crippen LogP contribution >= 0.6 is 0 Å². The smallest absolute Gasteiger partial charge is 0.306 e. The van der Waals surface area contributed by atoms with E-state index in [1.807, 2.05) is 0 Å². The summed E-state index contributed by atoms with van der Waals surface area (Å²) < 4.78 is 16.9. The first-order chi connectivity index (χ1) is 34.5. The third-order valence-corrected chi connectivity index (χ3v) is 14.2. The van der Waals surface area contributed by atoms with Crippen molar-refractivity contribution in [1.82, 2.24) is 0 Å². The lowest BCUT2D eigenvalue weighted by molar-refractivity contribution is -0.167. The third kappa shape index (κ3) is 56.8. The second-order valence-electron chi connectivity index (χ2n) is 21.4. The van der Waals surface area contributed by atoms with Gasteiger partial charge in [-0.25, -0.2) is 0 Å². The minimum Gasteiger partial charge on any atom is -0.462 e. The van der Waals surface area contributed by atoms with Crippen LogP contribution in [-0.2, 0) is 28.6 Å². The van der Waals surface area contributed by atoms with Gasteiger partial charge in [0.05, 0.1) is 0 Å². The molecule has 0 aromatic carbocycles. The summed E-state index contributed by atoms with van der Waals surface area (Å²) in [5.74, 6) is -0.874. The van der Waals surface area contributed by atoms with Gasteiger partial charge in [0.25, 0.3) is 0 Å². The van der Waals surface area contributed by atoms with Gasteiger partial charge in [-0.05, 0) is 44.9 Å². The first kappa shape index (κ1) is 67.9. The molecule has 70 heavy (non-hydrogen) atoms. The zero-order chi connectivity index (χ0) is 50.7. The average Bonchev–Trinajstić information content (AvgIpc) is 3.36. The molecule has 0 aliphatic carbocycles. The van der Waals surface area contributed by atoms with Crippen molar-refractivity contribution in [3.8, 4) is 0 Å². The monoisotopic (exact) mass is 985 g/mol. The SMILES string of the molecule is CCCCCCCCC/C=C\C=C/CCCCCC(=O)OCC(COC(=O)CCCCCCCCCCCCCCCCCCCC)OC(=O)CCCCCCCCCCCCCCCCCCCC. The van der Waals surface area contributed by atoms with Crippen molar-refractivity contribution in [2.75, 3.05) is 13.2 Å². The Labute approximate surface area is 436 Å². The molecule has 1 atom stereocenters. The van der Waals surface area contributed by atoms with Gasteiger partial charge >= 0.3 is 17.9 Å². The van der Waals surface area contributed by atoms with Crippen LogP contribution in [0, 0.1) is 0 Å². The Morgan fingerprint density at radius 2 is 0.500 bits per heavy atom. The zero-order valence-electron chi connectivity index (χ0n) is 47.3.